The fourth-order valence-electron chi connectivity index (χ4n) is 4.52. The summed E-state index contributed by atoms with van der Waals surface area (Å²) in [5.74, 6) is -0.621. The van der Waals surface area contributed by atoms with E-state index in [-0.39, 0.29) is 25.2 Å². The highest BCUT2D eigenvalue weighted by Gasteiger charge is 2.16. The Morgan fingerprint density at radius 2 is 0.976 bits per heavy atom. The molecule has 0 aliphatic rings. The van der Waals surface area contributed by atoms with Gasteiger partial charge in [-0.2, -0.15) is 0 Å². The van der Waals surface area contributed by atoms with Crippen LogP contribution in [-0.4, -0.2) is 36.4 Å². The van der Waals surface area contributed by atoms with Gasteiger partial charge in [-0.3, -0.25) is 9.59 Å². The summed E-state index contributed by atoms with van der Waals surface area (Å²) in [7, 11) is 0. The van der Waals surface area contributed by atoms with Crippen LogP contribution in [0.15, 0.2) is 36.5 Å². The summed E-state index contributed by atoms with van der Waals surface area (Å²) in [5, 5.41) is 9.50. The number of carbonyl (C=O) groups excluding carboxylic acids is 2. The number of aliphatic hydroxyl groups is 1. The molecular weight excluding hydrogens is 512 g/mol. The highest BCUT2D eigenvalue weighted by Crippen LogP contribution is 2.11. The van der Waals surface area contributed by atoms with Crippen LogP contribution in [0, 0.1) is 0 Å². The summed E-state index contributed by atoms with van der Waals surface area (Å²) in [6, 6.07) is 0. The summed E-state index contributed by atoms with van der Waals surface area (Å²) in [6.07, 6.45) is 37.6. The maximum atomic E-state index is 12.1. The first-order chi connectivity index (χ1) is 20.1. The zero-order chi connectivity index (χ0) is 30.1. The molecule has 1 N–H and O–H groups in total. The van der Waals surface area contributed by atoms with Crippen molar-refractivity contribution >= 4 is 11.9 Å². The van der Waals surface area contributed by atoms with Crippen molar-refractivity contribution in [3.63, 3.8) is 0 Å². The Labute approximate surface area is 253 Å². The van der Waals surface area contributed by atoms with E-state index in [4.69, 9.17) is 9.47 Å². The van der Waals surface area contributed by atoms with Gasteiger partial charge in [0, 0.05) is 12.8 Å². The van der Waals surface area contributed by atoms with Crippen LogP contribution in [0.5, 0.6) is 0 Å². The molecule has 0 saturated heterocycles. The molecule has 0 saturated carbocycles. The molecule has 0 aromatic heterocycles. The average Bonchev–Trinajstić information content (AvgIpc) is 2.97. The van der Waals surface area contributed by atoms with E-state index in [0.717, 1.165) is 57.8 Å². The second-order valence-electron chi connectivity index (χ2n) is 11.2. The van der Waals surface area contributed by atoms with Crippen LogP contribution in [0.4, 0.5) is 0 Å². The molecule has 41 heavy (non-hydrogen) atoms. The zero-order valence-corrected chi connectivity index (χ0v) is 26.8. The predicted molar refractivity (Wildman–Crippen MR) is 173 cm³/mol. The average molecular weight is 577 g/mol. The number of hydrogen-bond donors (Lipinski definition) is 1. The Kier molecular flexibility index (Phi) is 31.1. The van der Waals surface area contributed by atoms with Crippen molar-refractivity contribution in [1.82, 2.24) is 0 Å². The number of esters is 2. The molecule has 0 aromatic rings. The minimum atomic E-state index is -0.778. The van der Waals surface area contributed by atoms with Crippen molar-refractivity contribution in [2.45, 2.75) is 168 Å². The number of ether oxygens (including phenoxy) is 2. The minimum Gasteiger partial charge on any atom is -0.462 e. The van der Waals surface area contributed by atoms with Gasteiger partial charge < -0.3 is 14.6 Å². The maximum Gasteiger partial charge on any atom is 0.306 e. The SMILES string of the molecule is CCCCC/C=C/C/C=C/CCCCCCCC(=O)OC[C@H](CO)OC(=O)CCCCCCC/C=C/CCCCC. The molecule has 0 radical (unpaired) electrons. The lowest BCUT2D eigenvalue weighted by Gasteiger charge is -2.15. The molecule has 238 valence electrons. The van der Waals surface area contributed by atoms with Crippen LogP contribution >= 0.6 is 0 Å². The van der Waals surface area contributed by atoms with Gasteiger partial charge in [0.1, 0.15) is 6.61 Å². The molecule has 0 aromatic carbocycles. The van der Waals surface area contributed by atoms with Crippen molar-refractivity contribution in [2.75, 3.05) is 13.2 Å². The number of aliphatic hydroxyl groups excluding tert-OH is 1. The van der Waals surface area contributed by atoms with E-state index in [0.29, 0.717) is 12.8 Å². The Hall–Kier alpha value is -1.88. The van der Waals surface area contributed by atoms with Gasteiger partial charge >= 0.3 is 11.9 Å². The second kappa shape index (κ2) is 32.6. The largest absolute Gasteiger partial charge is 0.462 e. The lowest BCUT2D eigenvalue weighted by molar-refractivity contribution is -0.161. The molecule has 0 bridgehead atoms. The fourth-order valence-corrected chi connectivity index (χ4v) is 4.52. The zero-order valence-electron chi connectivity index (χ0n) is 26.8. The molecule has 0 spiro atoms. The van der Waals surface area contributed by atoms with E-state index < -0.39 is 6.10 Å². The molecule has 0 unspecified atom stereocenters. The topological polar surface area (TPSA) is 72.8 Å². The standard InChI is InChI=1S/C36H64O5/c1-3-5-7-9-11-13-15-17-18-19-21-22-24-26-28-30-35(38)40-33-34(32-37)41-36(39)31-29-27-25-23-20-16-14-12-10-8-6-4-2/h11-14,17-18,34,37H,3-10,15-16,19-33H2,1-2H3/b13-11+,14-12+,18-17+/t34-/m0/s1. The molecule has 1 atom stereocenters. The molecule has 0 heterocycles. The van der Waals surface area contributed by atoms with Gasteiger partial charge in [0.2, 0.25) is 0 Å². The van der Waals surface area contributed by atoms with Crippen LogP contribution in [0.25, 0.3) is 0 Å². The van der Waals surface area contributed by atoms with Crippen molar-refractivity contribution in [3.05, 3.63) is 36.5 Å². The second-order valence-corrected chi connectivity index (χ2v) is 11.2. The summed E-state index contributed by atoms with van der Waals surface area (Å²) in [4.78, 5) is 24.1. The Morgan fingerprint density at radius 3 is 1.46 bits per heavy atom. The van der Waals surface area contributed by atoms with Gasteiger partial charge in [-0.15, -0.1) is 0 Å². The van der Waals surface area contributed by atoms with E-state index in [1.165, 1.54) is 77.0 Å². The van der Waals surface area contributed by atoms with Crippen LogP contribution in [-0.2, 0) is 19.1 Å². The molecule has 0 rings (SSSR count). The number of carbonyl (C=O) groups is 2. The Balaban J connectivity index is 3.63. The van der Waals surface area contributed by atoms with E-state index in [1.807, 2.05) is 0 Å². The third kappa shape index (κ3) is 30.9. The Morgan fingerprint density at radius 1 is 0.561 bits per heavy atom. The molecule has 0 fully saturated rings. The summed E-state index contributed by atoms with van der Waals surface area (Å²) >= 11 is 0. The number of hydrogen-bond acceptors (Lipinski definition) is 5. The molecule has 5 heteroatoms. The highest BCUT2D eigenvalue weighted by molar-refractivity contribution is 5.70. The van der Waals surface area contributed by atoms with Gasteiger partial charge in [0.05, 0.1) is 6.61 Å². The summed E-state index contributed by atoms with van der Waals surface area (Å²) in [5.41, 5.74) is 0. The monoisotopic (exact) mass is 576 g/mol. The Bertz CT molecular complexity index is 667. The van der Waals surface area contributed by atoms with Gasteiger partial charge in [-0.1, -0.05) is 115 Å². The van der Waals surface area contributed by atoms with Crippen molar-refractivity contribution in [1.29, 1.82) is 0 Å². The van der Waals surface area contributed by atoms with Crippen LogP contribution in [0.2, 0.25) is 0 Å². The van der Waals surface area contributed by atoms with Gasteiger partial charge in [0.15, 0.2) is 6.10 Å². The molecule has 5 nitrogen and oxygen atoms in total. The first-order valence-electron chi connectivity index (χ1n) is 17.0. The third-order valence-corrected chi connectivity index (χ3v) is 7.16. The van der Waals surface area contributed by atoms with E-state index in [9.17, 15) is 14.7 Å². The molecule has 0 aliphatic carbocycles. The summed E-state index contributed by atoms with van der Waals surface area (Å²) < 4.78 is 10.5. The highest BCUT2D eigenvalue weighted by atomic mass is 16.6. The van der Waals surface area contributed by atoms with E-state index in [1.54, 1.807) is 0 Å². The molecular formula is C36H64O5. The smallest absolute Gasteiger partial charge is 0.306 e. The molecule has 0 aliphatic heterocycles. The van der Waals surface area contributed by atoms with Crippen molar-refractivity contribution in [2.24, 2.45) is 0 Å². The number of allylic oxidation sites excluding steroid dienone is 6. The lowest BCUT2D eigenvalue weighted by atomic mass is 10.1. The number of unbranched alkanes of at least 4 members (excludes halogenated alkanes) is 16. The van der Waals surface area contributed by atoms with E-state index >= 15 is 0 Å². The minimum absolute atomic E-state index is 0.0761. The van der Waals surface area contributed by atoms with Gasteiger partial charge in [-0.05, 0) is 70.6 Å². The van der Waals surface area contributed by atoms with E-state index in [2.05, 4.69) is 50.3 Å². The first-order valence-corrected chi connectivity index (χ1v) is 17.0. The predicted octanol–water partition coefficient (Wildman–Crippen LogP) is 10.1. The van der Waals surface area contributed by atoms with Crippen molar-refractivity contribution in [3.8, 4) is 0 Å². The lowest BCUT2D eigenvalue weighted by Crippen LogP contribution is -2.28. The van der Waals surface area contributed by atoms with Gasteiger partial charge in [-0.25, -0.2) is 0 Å². The van der Waals surface area contributed by atoms with Crippen LogP contribution in [0.1, 0.15) is 162 Å². The van der Waals surface area contributed by atoms with Crippen LogP contribution in [0.3, 0.4) is 0 Å². The maximum absolute atomic E-state index is 12.1. The number of rotatable bonds is 30. The van der Waals surface area contributed by atoms with Gasteiger partial charge in [0.25, 0.3) is 0 Å². The first kappa shape index (κ1) is 39.1. The van der Waals surface area contributed by atoms with Crippen molar-refractivity contribution < 1.29 is 24.2 Å². The molecule has 0 amide bonds. The summed E-state index contributed by atoms with van der Waals surface area (Å²) in [6.45, 7) is 4.05. The van der Waals surface area contributed by atoms with Crippen LogP contribution < -0.4 is 0 Å². The quantitative estimate of drug-likeness (QED) is 0.0523. The third-order valence-electron chi connectivity index (χ3n) is 7.16. The normalized spacial score (nSPS) is 12.6. The fraction of sp³-hybridized carbons (Fsp3) is 0.778.